The summed E-state index contributed by atoms with van der Waals surface area (Å²) in [6.07, 6.45) is -4.86. The summed E-state index contributed by atoms with van der Waals surface area (Å²) in [6.45, 7) is 1.51. The lowest BCUT2D eigenvalue weighted by atomic mass is 10.0. The second-order valence-electron chi connectivity index (χ2n) is 4.64. The van der Waals surface area contributed by atoms with Crippen molar-refractivity contribution >= 4 is 22.3 Å². The summed E-state index contributed by atoms with van der Waals surface area (Å²) in [5.41, 5.74) is -0.168. The minimum atomic E-state index is -4.86. The summed E-state index contributed by atoms with van der Waals surface area (Å²) in [4.78, 5) is 16.3. The maximum absolute atomic E-state index is 13.2. The van der Waals surface area contributed by atoms with E-state index < -0.39 is 22.9 Å². The molecule has 114 valence electrons. The van der Waals surface area contributed by atoms with Gasteiger partial charge in [-0.25, -0.2) is 4.98 Å². The normalized spacial score (nSPS) is 12.0. The summed E-state index contributed by atoms with van der Waals surface area (Å²) in [7, 11) is 0. The first-order chi connectivity index (χ1) is 10.3. The van der Waals surface area contributed by atoms with E-state index in [1.807, 2.05) is 0 Å². The predicted octanol–water partition coefficient (Wildman–Crippen LogP) is 3.95. The lowest BCUT2D eigenvalue weighted by Gasteiger charge is -2.12. The molecular weight excluding hydrogens is 319 g/mol. The molecule has 0 aliphatic rings. The maximum Gasteiger partial charge on any atom is 0.450 e. The van der Waals surface area contributed by atoms with Gasteiger partial charge in [0.25, 0.3) is 0 Å². The van der Waals surface area contributed by atoms with Gasteiger partial charge in [0, 0.05) is 11.4 Å². The van der Waals surface area contributed by atoms with Gasteiger partial charge in [-0.2, -0.15) is 13.2 Å². The van der Waals surface area contributed by atoms with Crippen molar-refractivity contribution in [2.24, 2.45) is 0 Å². The lowest BCUT2D eigenvalue weighted by Crippen LogP contribution is -2.16. The van der Waals surface area contributed by atoms with Gasteiger partial charge in [0.2, 0.25) is 11.2 Å². The third-order valence-electron chi connectivity index (χ3n) is 3.12. The molecule has 22 heavy (non-hydrogen) atoms. The van der Waals surface area contributed by atoms with Gasteiger partial charge in [-0.05, 0) is 18.6 Å². The highest BCUT2D eigenvalue weighted by molar-refractivity contribution is 7.07. The van der Waals surface area contributed by atoms with E-state index in [0.29, 0.717) is 5.56 Å². The molecule has 0 atom stereocenters. The molecule has 0 spiro atoms. The van der Waals surface area contributed by atoms with E-state index in [-0.39, 0.29) is 22.4 Å². The number of thiazole rings is 1. The standard InChI is InChI=1S/C14H8F3NO3S/c1-6-2-7(19)3-9-10(6)12(20)11(8-4-22-5-18-8)13(21-9)14(15,16)17/h2-5,19H,1H3. The van der Waals surface area contributed by atoms with Crippen molar-refractivity contribution in [3.8, 4) is 17.0 Å². The predicted molar refractivity (Wildman–Crippen MR) is 75.0 cm³/mol. The average Bonchev–Trinajstić information content (AvgIpc) is 2.89. The van der Waals surface area contributed by atoms with Crippen LogP contribution in [0.4, 0.5) is 13.2 Å². The number of halogens is 3. The Morgan fingerprint density at radius 3 is 2.64 bits per heavy atom. The van der Waals surface area contributed by atoms with Crippen molar-refractivity contribution in [1.29, 1.82) is 0 Å². The topological polar surface area (TPSA) is 63.3 Å². The number of fused-ring (bicyclic) bond motifs is 1. The molecule has 3 rings (SSSR count). The molecule has 0 aliphatic carbocycles. The molecule has 0 aliphatic heterocycles. The number of rotatable bonds is 1. The van der Waals surface area contributed by atoms with Crippen molar-refractivity contribution in [3.63, 3.8) is 0 Å². The number of aromatic nitrogens is 1. The summed E-state index contributed by atoms with van der Waals surface area (Å²) in [5.74, 6) is -1.69. The Kier molecular flexibility index (Phi) is 3.21. The van der Waals surface area contributed by atoms with Crippen LogP contribution in [0.3, 0.4) is 0 Å². The average molecular weight is 327 g/mol. The summed E-state index contributed by atoms with van der Waals surface area (Å²) >= 11 is 1.08. The van der Waals surface area contributed by atoms with Crippen molar-refractivity contribution < 1.29 is 22.7 Å². The Morgan fingerprint density at radius 2 is 2.05 bits per heavy atom. The number of aromatic hydroxyl groups is 1. The Hall–Kier alpha value is -2.35. The number of nitrogens with zero attached hydrogens (tertiary/aromatic N) is 1. The van der Waals surface area contributed by atoms with E-state index in [1.165, 1.54) is 23.9 Å². The SMILES string of the molecule is Cc1cc(O)cc2oc(C(F)(F)F)c(-c3cscn3)c(=O)c12. The second kappa shape index (κ2) is 4.84. The van der Waals surface area contributed by atoms with E-state index >= 15 is 0 Å². The van der Waals surface area contributed by atoms with Crippen molar-refractivity contribution in [2.75, 3.05) is 0 Å². The molecule has 8 heteroatoms. The summed E-state index contributed by atoms with van der Waals surface area (Å²) < 4.78 is 44.6. The third-order valence-corrected chi connectivity index (χ3v) is 3.71. The molecule has 1 aromatic carbocycles. The van der Waals surface area contributed by atoms with Crippen LogP contribution in [-0.4, -0.2) is 10.1 Å². The monoisotopic (exact) mass is 327 g/mol. The highest BCUT2D eigenvalue weighted by Crippen LogP contribution is 2.38. The van der Waals surface area contributed by atoms with Gasteiger partial charge in [0.15, 0.2) is 0 Å². The van der Waals surface area contributed by atoms with Gasteiger partial charge in [-0.1, -0.05) is 0 Å². The number of benzene rings is 1. The molecular formula is C14H8F3NO3S. The molecule has 2 aromatic heterocycles. The molecule has 0 radical (unpaired) electrons. The number of phenols is 1. The summed E-state index contributed by atoms with van der Waals surface area (Å²) in [5, 5.41) is 10.8. The minimum Gasteiger partial charge on any atom is -0.508 e. The first-order valence-electron chi connectivity index (χ1n) is 6.05. The fourth-order valence-electron chi connectivity index (χ4n) is 2.27. The van der Waals surface area contributed by atoms with Crippen molar-refractivity contribution in [1.82, 2.24) is 4.98 Å². The zero-order valence-corrected chi connectivity index (χ0v) is 11.9. The smallest absolute Gasteiger partial charge is 0.450 e. The van der Waals surface area contributed by atoms with Crippen molar-refractivity contribution in [2.45, 2.75) is 13.1 Å². The van der Waals surface area contributed by atoms with E-state index in [1.54, 1.807) is 0 Å². The van der Waals surface area contributed by atoms with Crippen LogP contribution in [0.2, 0.25) is 0 Å². The van der Waals surface area contributed by atoms with Crippen LogP contribution < -0.4 is 5.43 Å². The Bertz CT molecular complexity index is 914. The number of aryl methyl sites for hydroxylation is 1. The van der Waals surface area contributed by atoms with E-state index in [4.69, 9.17) is 4.42 Å². The zero-order valence-electron chi connectivity index (χ0n) is 11.1. The molecule has 4 nitrogen and oxygen atoms in total. The van der Waals surface area contributed by atoms with Crippen LogP contribution in [0.15, 0.2) is 32.2 Å². The van der Waals surface area contributed by atoms with Gasteiger partial charge in [-0.3, -0.25) is 4.79 Å². The molecule has 0 fully saturated rings. The molecule has 0 bridgehead atoms. The molecule has 3 aromatic rings. The Balaban J connectivity index is 2.52. The fourth-order valence-corrected chi connectivity index (χ4v) is 2.81. The minimum absolute atomic E-state index is 0.00574. The van der Waals surface area contributed by atoms with Gasteiger partial charge in [-0.15, -0.1) is 11.3 Å². The molecule has 2 heterocycles. The Morgan fingerprint density at radius 1 is 1.32 bits per heavy atom. The van der Waals surface area contributed by atoms with Crippen LogP contribution in [0.1, 0.15) is 11.3 Å². The van der Waals surface area contributed by atoms with Crippen LogP contribution in [-0.2, 0) is 6.18 Å². The number of hydrogen-bond acceptors (Lipinski definition) is 5. The van der Waals surface area contributed by atoms with Crippen molar-refractivity contribution in [3.05, 3.63) is 44.6 Å². The van der Waals surface area contributed by atoms with Crippen LogP contribution in [0, 0.1) is 6.92 Å². The van der Waals surface area contributed by atoms with E-state index in [0.717, 1.165) is 17.4 Å². The van der Waals surface area contributed by atoms with Crippen LogP contribution >= 0.6 is 11.3 Å². The molecule has 0 saturated carbocycles. The second-order valence-corrected chi connectivity index (χ2v) is 5.36. The number of alkyl halides is 3. The number of hydrogen-bond donors (Lipinski definition) is 1. The summed E-state index contributed by atoms with van der Waals surface area (Å²) in [6, 6.07) is 2.28. The Labute approximate surface area is 125 Å². The third kappa shape index (κ3) is 2.25. The molecule has 0 amide bonds. The highest BCUT2D eigenvalue weighted by Gasteiger charge is 2.40. The molecule has 0 unspecified atom stereocenters. The lowest BCUT2D eigenvalue weighted by molar-refractivity contribution is -0.152. The van der Waals surface area contributed by atoms with E-state index in [9.17, 15) is 23.1 Å². The highest BCUT2D eigenvalue weighted by atomic mass is 32.1. The number of phenolic OH excluding ortho intramolecular Hbond substituents is 1. The quantitative estimate of drug-likeness (QED) is 0.735. The van der Waals surface area contributed by atoms with Gasteiger partial charge in [0.1, 0.15) is 11.3 Å². The van der Waals surface area contributed by atoms with Gasteiger partial charge in [0.05, 0.1) is 22.2 Å². The first-order valence-corrected chi connectivity index (χ1v) is 6.99. The van der Waals surface area contributed by atoms with Gasteiger partial charge >= 0.3 is 6.18 Å². The molecule has 0 saturated heterocycles. The van der Waals surface area contributed by atoms with Crippen LogP contribution in [0.25, 0.3) is 22.2 Å². The largest absolute Gasteiger partial charge is 0.508 e. The van der Waals surface area contributed by atoms with Crippen LogP contribution in [0.5, 0.6) is 5.75 Å². The fraction of sp³-hybridized carbons (Fsp3) is 0.143. The maximum atomic E-state index is 13.2. The zero-order chi connectivity index (χ0) is 16.1. The van der Waals surface area contributed by atoms with Gasteiger partial charge < -0.3 is 9.52 Å². The van der Waals surface area contributed by atoms with E-state index in [2.05, 4.69) is 4.98 Å². The first kappa shape index (κ1) is 14.6. The molecule has 1 N–H and O–H groups in total.